The number of rotatable bonds is 6. The van der Waals surface area contributed by atoms with Gasteiger partial charge in [0, 0.05) is 5.56 Å². The van der Waals surface area contributed by atoms with Crippen LogP contribution in [0.1, 0.15) is 42.1 Å². The fraction of sp³-hybridized carbons (Fsp3) is 0.250. The lowest BCUT2D eigenvalue weighted by Crippen LogP contribution is -2.03. The van der Waals surface area contributed by atoms with Crippen molar-refractivity contribution in [2.75, 3.05) is 5.75 Å². The molecule has 2 aromatic heterocycles. The first kappa shape index (κ1) is 16.8. The molecule has 0 aliphatic rings. The Morgan fingerprint density at radius 2 is 1.96 bits per heavy atom. The lowest BCUT2D eigenvalue weighted by molar-refractivity contribution is 0.102. The molecule has 1 N–H and O–H groups in total. The number of ketones is 1. The molecule has 4 aromatic rings. The highest BCUT2D eigenvalue weighted by Gasteiger charge is 2.14. The van der Waals surface area contributed by atoms with Crippen molar-refractivity contribution in [1.29, 1.82) is 0 Å². The van der Waals surface area contributed by atoms with E-state index in [1.165, 1.54) is 17.3 Å². The molecule has 0 aliphatic heterocycles. The number of benzene rings is 2. The Morgan fingerprint density at radius 3 is 2.73 bits per heavy atom. The summed E-state index contributed by atoms with van der Waals surface area (Å²) in [6.07, 6.45) is 1.09. The highest BCUT2D eigenvalue weighted by molar-refractivity contribution is 7.99. The van der Waals surface area contributed by atoms with Gasteiger partial charge in [-0.05, 0) is 30.0 Å². The predicted molar refractivity (Wildman–Crippen MR) is 105 cm³/mol. The van der Waals surface area contributed by atoms with Crippen molar-refractivity contribution in [3.63, 3.8) is 0 Å². The monoisotopic (exact) mass is 364 g/mol. The molecule has 2 heterocycles. The molecule has 0 fully saturated rings. The molecule has 0 saturated heterocycles. The topological polar surface area (TPSA) is 63.0 Å². The van der Waals surface area contributed by atoms with E-state index in [1.807, 2.05) is 40.8 Å². The number of imidazole rings is 1. The zero-order valence-electron chi connectivity index (χ0n) is 14.8. The maximum Gasteiger partial charge on any atom is 0.231 e. The minimum Gasteiger partial charge on any atom is -0.293 e. The number of H-pyrrole nitrogens is 1. The minimum atomic E-state index is 0.103. The van der Waals surface area contributed by atoms with Crippen molar-refractivity contribution in [3.8, 4) is 0 Å². The molecule has 0 unspecified atom stereocenters. The number of nitrogens with zero attached hydrogens (tertiary/aromatic N) is 3. The van der Waals surface area contributed by atoms with Crippen LogP contribution in [-0.4, -0.2) is 31.1 Å². The molecular weight excluding hydrogens is 344 g/mol. The molecular formula is C20H20N4OS. The zero-order valence-corrected chi connectivity index (χ0v) is 15.6. The van der Waals surface area contributed by atoms with Gasteiger partial charge < -0.3 is 0 Å². The highest BCUT2D eigenvalue weighted by Crippen LogP contribution is 2.24. The first-order chi connectivity index (χ1) is 12.7. The maximum atomic E-state index is 12.5. The van der Waals surface area contributed by atoms with Gasteiger partial charge in [0.05, 0.1) is 16.8 Å². The Kier molecular flexibility index (Phi) is 4.51. The van der Waals surface area contributed by atoms with Gasteiger partial charge in [-0.25, -0.2) is 10.1 Å². The summed E-state index contributed by atoms with van der Waals surface area (Å²) in [5.41, 5.74) is 3.92. The molecule has 0 bridgehead atoms. The quantitative estimate of drug-likeness (QED) is 0.398. The number of aromatic amines is 1. The largest absolute Gasteiger partial charge is 0.293 e. The number of Topliss-reactive ketones (excluding diaryl/α,β-unsaturated/α-hetero) is 1. The molecule has 132 valence electrons. The number of carbonyl (C=O) groups excluding carboxylic acids is 1. The van der Waals surface area contributed by atoms with Gasteiger partial charge in [-0.15, -0.1) is 5.10 Å². The number of hydrogen-bond donors (Lipinski definition) is 1. The first-order valence-electron chi connectivity index (χ1n) is 8.75. The molecule has 0 radical (unpaired) electrons. The van der Waals surface area contributed by atoms with Crippen LogP contribution in [0.5, 0.6) is 0 Å². The Morgan fingerprint density at radius 1 is 1.19 bits per heavy atom. The fourth-order valence-electron chi connectivity index (χ4n) is 2.99. The smallest absolute Gasteiger partial charge is 0.231 e. The third kappa shape index (κ3) is 3.01. The molecule has 1 atom stereocenters. The van der Waals surface area contributed by atoms with Crippen LogP contribution < -0.4 is 0 Å². The van der Waals surface area contributed by atoms with E-state index in [4.69, 9.17) is 0 Å². The average molecular weight is 364 g/mol. The summed E-state index contributed by atoms with van der Waals surface area (Å²) in [7, 11) is 0. The van der Waals surface area contributed by atoms with Crippen molar-refractivity contribution >= 4 is 34.4 Å². The fourth-order valence-corrected chi connectivity index (χ4v) is 3.84. The normalized spacial score (nSPS) is 12.7. The van der Waals surface area contributed by atoms with E-state index in [1.54, 1.807) is 0 Å². The van der Waals surface area contributed by atoms with Crippen LogP contribution in [0.3, 0.4) is 0 Å². The van der Waals surface area contributed by atoms with E-state index in [2.05, 4.69) is 41.2 Å². The van der Waals surface area contributed by atoms with E-state index >= 15 is 0 Å². The maximum absolute atomic E-state index is 12.5. The van der Waals surface area contributed by atoms with Crippen LogP contribution in [0.15, 0.2) is 53.7 Å². The molecule has 0 aliphatic carbocycles. The van der Waals surface area contributed by atoms with Crippen molar-refractivity contribution in [1.82, 2.24) is 19.6 Å². The summed E-state index contributed by atoms with van der Waals surface area (Å²) in [6, 6.07) is 15.9. The van der Waals surface area contributed by atoms with Crippen LogP contribution in [0.25, 0.3) is 16.8 Å². The number of para-hydroxylation sites is 2. The Labute approximate surface area is 155 Å². The lowest BCUT2D eigenvalue weighted by Gasteiger charge is -2.09. The van der Waals surface area contributed by atoms with Gasteiger partial charge in [0.15, 0.2) is 10.9 Å². The molecule has 2 aromatic carbocycles. The molecule has 4 rings (SSSR count). The van der Waals surface area contributed by atoms with Gasteiger partial charge in [-0.2, -0.15) is 0 Å². The van der Waals surface area contributed by atoms with Gasteiger partial charge in [-0.1, -0.05) is 62.0 Å². The summed E-state index contributed by atoms with van der Waals surface area (Å²) >= 11 is 1.43. The van der Waals surface area contributed by atoms with Crippen LogP contribution in [0.2, 0.25) is 0 Å². The van der Waals surface area contributed by atoms with Crippen LogP contribution in [-0.2, 0) is 0 Å². The molecule has 6 heteroatoms. The average Bonchev–Trinajstić information content (AvgIpc) is 3.25. The van der Waals surface area contributed by atoms with E-state index in [-0.39, 0.29) is 5.78 Å². The third-order valence-corrected chi connectivity index (χ3v) is 5.69. The molecule has 0 saturated carbocycles. The Hall–Kier alpha value is -2.60. The van der Waals surface area contributed by atoms with Gasteiger partial charge in [0.1, 0.15) is 0 Å². The van der Waals surface area contributed by atoms with Crippen molar-refractivity contribution in [3.05, 3.63) is 59.7 Å². The summed E-state index contributed by atoms with van der Waals surface area (Å²) in [6.45, 7) is 4.37. The van der Waals surface area contributed by atoms with E-state index in [9.17, 15) is 4.79 Å². The van der Waals surface area contributed by atoms with E-state index < -0.39 is 0 Å². The van der Waals surface area contributed by atoms with Crippen LogP contribution in [0, 0.1) is 0 Å². The minimum absolute atomic E-state index is 0.103. The molecule has 5 nitrogen and oxygen atoms in total. The van der Waals surface area contributed by atoms with Crippen LogP contribution in [0.4, 0.5) is 0 Å². The first-order valence-corrected chi connectivity index (χ1v) is 9.73. The zero-order chi connectivity index (χ0) is 18.1. The second-order valence-corrected chi connectivity index (χ2v) is 7.35. The Bertz CT molecular complexity index is 1060. The second kappa shape index (κ2) is 6.96. The predicted octanol–water partition coefficient (Wildman–Crippen LogP) is 4.70. The van der Waals surface area contributed by atoms with Crippen molar-refractivity contribution in [2.45, 2.75) is 31.3 Å². The number of thioether (sulfide) groups is 1. The number of hydrogen-bond acceptors (Lipinski definition) is 4. The standard InChI is InChI=1S/C20H20N4OS/c1-3-13(2)14-8-10-15(11-9-14)18(25)12-26-20-23-22-19-21-16-6-4-5-7-17(16)24(19)20/h4-11,13H,3,12H2,1-2H3,(H,21,22)/t13-/m1/s1. The van der Waals surface area contributed by atoms with Gasteiger partial charge in [-0.3, -0.25) is 9.20 Å². The number of nitrogens with one attached hydrogen (secondary N) is 1. The number of carbonyl (C=O) groups is 1. The third-order valence-electron chi connectivity index (χ3n) is 4.75. The van der Waals surface area contributed by atoms with E-state index in [0.29, 0.717) is 17.4 Å². The van der Waals surface area contributed by atoms with Gasteiger partial charge in [0.25, 0.3) is 0 Å². The van der Waals surface area contributed by atoms with Crippen molar-refractivity contribution < 1.29 is 4.79 Å². The number of fused-ring (bicyclic) bond motifs is 3. The number of aromatic nitrogens is 4. The second-order valence-electron chi connectivity index (χ2n) is 6.41. The van der Waals surface area contributed by atoms with Crippen LogP contribution >= 0.6 is 11.8 Å². The SMILES string of the molecule is CC[C@@H](C)c1ccc(C(=O)CSc2n[nH]c3nc4ccccc4n23)cc1. The molecule has 0 spiro atoms. The van der Waals surface area contributed by atoms with Gasteiger partial charge in [0.2, 0.25) is 5.78 Å². The summed E-state index contributed by atoms with van der Waals surface area (Å²) in [5.74, 6) is 1.65. The van der Waals surface area contributed by atoms with E-state index in [0.717, 1.165) is 28.2 Å². The highest BCUT2D eigenvalue weighted by atomic mass is 32.2. The van der Waals surface area contributed by atoms with Gasteiger partial charge >= 0.3 is 0 Å². The molecule has 26 heavy (non-hydrogen) atoms. The summed E-state index contributed by atoms with van der Waals surface area (Å²) in [5, 5.41) is 7.99. The Balaban J connectivity index is 1.52. The summed E-state index contributed by atoms with van der Waals surface area (Å²) < 4.78 is 1.96. The van der Waals surface area contributed by atoms with Crippen molar-refractivity contribution in [2.24, 2.45) is 0 Å². The summed E-state index contributed by atoms with van der Waals surface area (Å²) in [4.78, 5) is 17.0. The lowest BCUT2D eigenvalue weighted by atomic mass is 9.97. The molecule has 0 amide bonds.